The third-order valence-electron chi connectivity index (χ3n) is 1.43. The first-order valence-corrected chi connectivity index (χ1v) is 4.51. The fourth-order valence-electron chi connectivity index (χ4n) is 0.772. The van der Waals surface area contributed by atoms with Crippen molar-refractivity contribution in [2.24, 2.45) is 0 Å². The van der Waals surface area contributed by atoms with Crippen LogP contribution >= 0.6 is 35.8 Å². The van der Waals surface area contributed by atoms with Gasteiger partial charge in [0.05, 0.1) is 10.0 Å². The molecule has 0 radical (unpaired) electrons. The Balaban J connectivity index is 3.05. The zero-order valence-electron chi connectivity index (χ0n) is 6.01. The van der Waals surface area contributed by atoms with Crippen molar-refractivity contribution in [3.05, 3.63) is 33.8 Å². The van der Waals surface area contributed by atoms with E-state index in [2.05, 4.69) is 12.6 Å². The summed E-state index contributed by atoms with van der Waals surface area (Å²) in [6.07, 6.45) is 0. The first-order chi connectivity index (χ1) is 5.11. The summed E-state index contributed by atoms with van der Waals surface area (Å²) in [6.45, 7) is 1.99. The van der Waals surface area contributed by atoms with Gasteiger partial charge in [-0.2, -0.15) is 12.6 Å². The lowest BCUT2D eigenvalue weighted by atomic mass is 10.2. The van der Waals surface area contributed by atoms with E-state index in [0.717, 1.165) is 5.56 Å². The Kier molecular flexibility index (Phi) is 3.11. The summed E-state index contributed by atoms with van der Waals surface area (Å²) >= 11 is 15.8. The third kappa shape index (κ3) is 2.29. The highest BCUT2D eigenvalue weighted by Crippen LogP contribution is 2.27. The average Bonchev–Trinajstić information content (AvgIpc) is 1.94. The number of halogens is 2. The second-order valence-corrected chi connectivity index (χ2v) is 3.94. The van der Waals surface area contributed by atoms with Crippen LogP contribution in [0.15, 0.2) is 18.2 Å². The van der Waals surface area contributed by atoms with Gasteiger partial charge in [-0.3, -0.25) is 0 Å². The van der Waals surface area contributed by atoms with Gasteiger partial charge >= 0.3 is 0 Å². The van der Waals surface area contributed by atoms with Gasteiger partial charge in [0, 0.05) is 5.25 Å². The second kappa shape index (κ2) is 3.70. The largest absolute Gasteiger partial charge is 0.171 e. The Labute approximate surface area is 81.9 Å². The van der Waals surface area contributed by atoms with E-state index < -0.39 is 0 Å². The predicted octanol–water partition coefficient (Wildman–Crippen LogP) is 3.98. The first-order valence-electron chi connectivity index (χ1n) is 3.24. The minimum atomic E-state index is 0.199. The zero-order chi connectivity index (χ0) is 8.43. The summed E-state index contributed by atoms with van der Waals surface area (Å²) in [6, 6.07) is 5.54. The number of hydrogen-bond acceptors (Lipinski definition) is 1. The zero-order valence-corrected chi connectivity index (χ0v) is 8.42. The number of benzene rings is 1. The summed E-state index contributed by atoms with van der Waals surface area (Å²) < 4.78 is 0. The van der Waals surface area contributed by atoms with Crippen LogP contribution in [-0.2, 0) is 0 Å². The van der Waals surface area contributed by atoms with E-state index in [1.54, 1.807) is 6.07 Å². The Bertz CT molecular complexity index is 258. The van der Waals surface area contributed by atoms with Crippen LogP contribution in [0.25, 0.3) is 0 Å². The van der Waals surface area contributed by atoms with Crippen molar-refractivity contribution >= 4 is 35.8 Å². The summed E-state index contributed by atoms with van der Waals surface area (Å²) in [5, 5.41) is 1.37. The van der Waals surface area contributed by atoms with Crippen LogP contribution in [-0.4, -0.2) is 0 Å². The molecule has 60 valence electrons. The Hall–Kier alpha value is 0.150. The molecule has 1 atom stereocenters. The molecule has 1 unspecified atom stereocenters. The molecule has 0 bridgehead atoms. The fraction of sp³-hybridized carbons (Fsp3) is 0.250. The molecule has 1 aromatic rings. The number of thiol groups is 1. The van der Waals surface area contributed by atoms with E-state index in [1.165, 1.54) is 0 Å². The minimum Gasteiger partial charge on any atom is -0.171 e. The van der Waals surface area contributed by atoms with Gasteiger partial charge in [0.25, 0.3) is 0 Å². The molecule has 0 amide bonds. The highest BCUT2D eigenvalue weighted by molar-refractivity contribution is 7.80. The van der Waals surface area contributed by atoms with Crippen LogP contribution in [0, 0.1) is 0 Å². The highest BCUT2D eigenvalue weighted by atomic mass is 35.5. The normalized spacial score (nSPS) is 13.1. The summed E-state index contributed by atoms with van der Waals surface area (Å²) in [5.74, 6) is 0. The van der Waals surface area contributed by atoms with Crippen LogP contribution in [0.3, 0.4) is 0 Å². The van der Waals surface area contributed by atoms with Gasteiger partial charge in [-0.15, -0.1) is 0 Å². The Morgan fingerprint density at radius 2 is 1.91 bits per heavy atom. The summed E-state index contributed by atoms with van der Waals surface area (Å²) in [7, 11) is 0. The van der Waals surface area contributed by atoms with Gasteiger partial charge in [-0.05, 0) is 24.6 Å². The lowest BCUT2D eigenvalue weighted by Gasteiger charge is -2.04. The van der Waals surface area contributed by atoms with E-state index in [0.29, 0.717) is 10.0 Å². The molecule has 1 rings (SSSR count). The standard InChI is InChI=1S/C8H8Cl2S/c1-5(11)6-2-3-7(9)8(10)4-6/h2-5,11H,1H3. The lowest BCUT2D eigenvalue weighted by molar-refractivity contribution is 1.11. The average molecular weight is 207 g/mol. The second-order valence-electron chi connectivity index (χ2n) is 2.35. The molecule has 0 nitrogen and oxygen atoms in total. The van der Waals surface area contributed by atoms with Gasteiger partial charge in [-0.1, -0.05) is 29.3 Å². The van der Waals surface area contributed by atoms with Gasteiger partial charge in [0.2, 0.25) is 0 Å². The van der Waals surface area contributed by atoms with Crippen molar-refractivity contribution in [1.29, 1.82) is 0 Å². The van der Waals surface area contributed by atoms with E-state index in [4.69, 9.17) is 23.2 Å². The maximum absolute atomic E-state index is 5.79. The van der Waals surface area contributed by atoms with Crippen LogP contribution < -0.4 is 0 Å². The molecule has 0 aliphatic carbocycles. The van der Waals surface area contributed by atoms with Gasteiger partial charge in [0.15, 0.2) is 0 Å². The Morgan fingerprint density at radius 3 is 2.36 bits per heavy atom. The van der Waals surface area contributed by atoms with Gasteiger partial charge in [0.1, 0.15) is 0 Å². The molecule has 0 heterocycles. The molecular formula is C8H8Cl2S. The molecule has 0 saturated carbocycles. The molecule has 0 spiro atoms. The van der Waals surface area contributed by atoms with Crippen molar-refractivity contribution in [1.82, 2.24) is 0 Å². The molecule has 0 saturated heterocycles. The van der Waals surface area contributed by atoms with Crippen molar-refractivity contribution < 1.29 is 0 Å². The van der Waals surface area contributed by atoms with E-state index in [-0.39, 0.29) is 5.25 Å². The monoisotopic (exact) mass is 206 g/mol. The molecule has 0 aromatic heterocycles. The maximum atomic E-state index is 5.79. The molecular weight excluding hydrogens is 199 g/mol. The third-order valence-corrected chi connectivity index (χ3v) is 2.46. The van der Waals surface area contributed by atoms with Crippen LogP contribution in [0.1, 0.15) is 17.7 Å². The van der Waals surface area contributed by atoms with Crippen LogP contribution in [0.2, 0.25) is 10.0 Å². The minimum absolute atomic E-state index is 0.199. The quantitative estimate of drug-likeness (QED) is 0.661. The molecule has 0 aliphatic heterocycles. The van der Waals surface area contributed by atoms with Gasteiger partial charge < -0.3 is 0 Å². The number of rotatable bonds is 1. The predicted molar refractivity (Wildman–Crippen MR) is 53.9 cm³/mol. The van der Waals surface area contributed by atoms with Crippen LogP contribution in [0.5, 0.6) is 0 Å². The van der Waals surface area contributed by atoms with Crippen molar-refractivity contribution in [3.8, 4) is 0 Å². The Morgan fingerprint density at radius 1 is 1.27 bits per heavy atom. The topological polar surface area (TPSA) is 0 Å². The van der Waals surface area contributed by atoms with Crippen LogP contribution in [0.4, 0.5) is 0 Å². The SMILES string of the molecule is CC(S)c1ccc(Cl)c(Cl)c1. The van der Waals surface area contributed by atoms with E-state index in [1.807, 2.05) is 19.1 Å². The number of hydrogen-bond donors (Lipinski definition) is 1. The molecule has 0 N–H and O–H groups in total. The highest BCUT2D eigenvalue weighted by Gasteiger charge is 2.02. The molecule has 3 heteroatoms. The van der Waals surface area contributed by atoms with Crippen molar-refractivity contribution in [3.63, 3.8) is 0 Å². The smallest absolute Gasteiger partial charge is 0.0595 e. The van der Waals surface area contributed by atoms with Crippen molar-refractivity contribution in [2.45, 2.75) is 12.2 Å². The van der Waals surface area contributed by atoms with E-state index in [9.17, 15) is 0 Å². The van der Waals surface area contributed by atoms with E-state index >= 15 is 0 Å². The maximum Gasteiger partial charge on any atom is 0.0595 e. The molecule has 0 aliphatic rings. The molecule has 0 fully saturated rings. The molecule has 11 heavy (non-hydrogen) atoms. The first kappa shape index (κ1) is 9.24. The summed E-state index contributed by atoms with van der Waals surface area (Å²) in [4.78, 5) is 0. The summed E-state index contributed by atoms with van der Waals surface area (Å²) in [5.41, 5.74) is 1.09. The fourth-order valence-corrected chi connectivity index (χ4v) is 1.24. The van der Waals surface area contributed by atoms with Gasteiger partial charge in [-0.25, -0.2) is 0 Å². The lowest BCUT2D eigenvalue weighted by Crippen LogP contribution is -1.83. The molecule has 1 aromatic carbocycles. The van der Waals surface area contributed by atoms with Crippen molar-refractivity contribution in [2.75, 3.05) is 0 Å².